The number of H-pyrrole nitrogens is 1. The first kappa shape index (κ1) is 41.3. The van der Waals surface area contributed by atoms with Gasteiger partial charge in [-0.1, -0.05) is 29.5 Å². The van der Waals surface area contributed by atoms with E-state index in [0.29, 0.717) is 37.0 Å². The summed E-state index contributed by atoms with van der Waals surface area (Å²) in [4.78, 5) is 49.3. The lowest BCUT2D eigenvalue weighted by Crippen LogP contribution is -2.53. The minimum absolute atomic E-state index is 0.0994. The van der Waals surface area contributed by atoms with Gasteiger partial charge >= 0.3 is 28.8 Å². The molecule has 0 saturated heterocycles. The number of hydrogen-bond acceptors (Lipinski definition) is 8. The van der Waals surface area contributed by atoms with Crippen molar-refractivity contribution in [3.05, 3.63) is 63.0 Å². The van der Waals surface area contributed by atoms with Gasteiger partial charge in [-0.25, -0.2) is 4.39 Å². The molecular formula is C37H43F7N4O5S. The van der Waals surface area contributed by atoms with Crippen molar-refractivity contribution in [3.63, 3.8) is 0 Å². The van der Waals surface area contributed by atoms with Gasteiger partial charge < -0.3 is 25.6 Å². The van der Waals surface area contributed by atoms with E-state index in [4.69, 9.17) is 0 Å². The number of phenols is 1. The monoisotopic (exact) mass is 788 g/mol. The number of rotatable bonds is 15. The fourth-order valence-electron chi connectivity index (χ4n) is 8.67. The van der Waals surface area contributed by atoms with Gasteiger partial charge in [0, 0.05) is 32.6 Å². The van der Waals surface area contributed by atoms with Crippen LogP contribution < -0.4 is 15.5 Å². The van der Waals surface area contributed by atoms with Crippen molar-refractivity contribution < 1.29 is 50.2 Å². The van der Waals surface area contributed by atoms with Crippen LogP contribution in [0.5, 0.6) is 5.75 Å². The van der Waals surface area contributed by atoms with Gasteiger partial charge in [0.15, 0.2) is 0 Å². The number of amides is 1. The lowest BCUT2D eigenvalue weighted by Gasteiger charge is -2.58. The molecule has 9 nitrogen and oxygen atoms in total. The number of thiazole rings is 1. The maximum Gasteiger partial charge on any atom is 0.458 e. The number of aromatic amines is 1. The van der Waals surface area contributed by atoms with Gasteiger partial charge in [0.05, 0.1) is 4.70 Å². The average molecular weight is 789 g/mol. The molecule has 0 unspecified atom stereocenters. The molecule has 7 rings (SSSR count). The number of carbonyl (C=O) groups is 3. The number of aromatic nitrogens is 1. The first-order valence-corrected chi connectivity index (χ1v) is 18.7. The molecule has 1 heterocycles. The molecule has 4 N–H and O–H groups in total. The third-order valence-corrected chi connectivity index (χ3v) is 11.5. The Morgan fingerprint density at radius 1 is 0.852 bits per heavy atom. The first-order valence-electron chi connectivity index (χ1n) is 17.9. The van der Waals surface area contributed by atoms with E-state index in [1.165, 1.54) is 44.6 Å². The molecule has 3 aromatic rings. The Balaban J connectivity index is 0.000000404. The second-order valence-electron chi connectivity index (χ2n) is 14.7. The number of halogens is 7. The second-order valence-corrected chi connectivity index (χ2v) is 15.7. The van der Waals surface area contributed by atoms with E-state index >= 15 is 0 Å². The fourth-order valence-corrected chi connectivity index (χ4v) is 9.57. The van der Waals surface area contributed by atoms with Crippen molar-refractivity contribution in [1.29, 1.82) is 0 Å². The summed E-state index contributed by atoms with van der Waals surface area (Å²) >= 11 is 1.13. The zero-order chi connectivity index (χ0) is 39.3. The van der Waals surface area contributed by atoms with Crippen LogP contribution in [0.1, 0.15) is 56.1 Å². The molecule has 0 radical (unpaired) electrons. The van der Waals surface area contributed by atoms with Gasteiger partial charge in [-0.15, -0.1) is 0 Å². The van der Waals surface area contributed by atoms with Gasteiger partial charge in [0.25, 0.3) is 0 Å². The molecular weight excluding hydrogens is 745 g/mol. The number of nitrogens with one attached hydrogen (secondary N) is 3. The summed E-state index contributed by atoms with van der Waals surface area (Å²) in [5.74, 6) is -4.17. The third kappa shape index (κ3) is 10.9. The van der Waals surface area contributed by atoms with Crippen molar-refractivity contribution in [2.75, 3.05) is 39.3 Å². The molecule has 4 bridgehead atoms. The van der Waals surface area contributed by atoms with E-state index in [0.717, 1.165) is 77.4 Å². The summed E-state index contributed by atoms with van der Waals surface area (Å²) in [6.07, 6.45) is -1.59. The predicted octanol–water partition coefficient (Wildman–Crippen LogP) is 6.08. The molecule has 0 atom stereocenters. The Morgan fingerprint density at radius 3 is 2.04 bits per heavy atom. The topological polar surface area (TPSA) is 132 Å². The molecule has 54 heavy (non-hydrogen) atoms. The molecule has 4 aliphatic carbocycles. The van der Waals surface area contributed by atoms with Crippen molar-refractivity contribution in [2.45, 2.75) is 70.1 Å². The number of phenolic OH excluding ortho intramolecular Hbond substituents is 1. The fraction of sp³-hybridized carbons (Fsp3) is 0.568. The summed E-state index contributed by atoms with van der Waals surface area (Å²) in [6, 6.07) is 10.2. The maximum absolute atomic E-state index is 13.6. The van der Waals surface area contributed by atoms with E-state index < -0.39 is 23.9 Å². The normalized spacial score (nSPS) is 21.9. The van der Waals surface area contributed by atoms with Crippen LogP contribution in [-0.4, -0.2) is 84.1 Å². The quantitative estimate of drug-likeness (QED) is 0.0835. The van der Waals surface area contributed by atoms with Crippen molar-refractivity contribution in [1.82, 2.24) is 20.5 Å². The standard InChI is InChI=1S/C33H43FN4O3S.C4F6O2/c34-27-3-1-2-22(17-27)6-9-35-11-8-29(40)38(21-33-18-23-14-24(19-33)16-25(15-23)20-33)13-12-36-10-7-26-4-5-28(39)30-31(26)42-32(41)37-30;5-3(6,7)1(11)2(12)4(8,9)10/h1-5,17,23-25,35-36,39H,6-16,18-21H2,(H,37,41);. The van der Waals surface area contributed by atoms with Crippen LogP contribution >= 0.6 is 11.3 Å². The van der Waals surface area contributed by atoms with Crippen LogP contribution in [0.15, 0.2) is 41.2 Å². The van der Waals surface area contributed by atoms with Crippen LogP contribution in [0.25, 0.3) is 10.2 Å². The highest BCUT2D eigenvalue weighted by atomic mass is 32.1. The Bertz CT molecular complexity index is 1800. The molecule has 0 aliphatic heterocycles. The second kappa shape index (κ2) is 17.3. The van der Waals surface area contributed by atoms with Gasteiger partial charge in [-0.05, 0) is 117 Å². The lowest BCUT2D eigenvalue weighted by molar-refractivity contribution is -0.193. The molecule has 4 aliphatic rings. The van der Waals surface area contributed by atoms with E-state index in [9.17, 15) is 55.0 Å². The number of benzene rings is 2. The zero-order valence-electron chi connectivity index (χ0n) is 29.4. The summed E-state index contributed by atoms with van der Waals surface area (Å²) < 4.78 is 81.2. The summed E-state index contributed by atoms with van der Waals surface area (Å²) in [5.41, 5.74) is 2.80. The van der Waals surface area contributed by atoms with Crippen LogP contribution in [0, 0.1) is 29.0 Å². The highest BCUT2D eigenvalue weighted by Crippen LogP contribution is 2.60. The van der Waals surface area contributed by atoms with Crippen molar-refractivity contribution in [3.8, 4) is 5.75 Å². The number of Topliss-reactive ketones (excluding diaryl/α,β-unsaturated/α-hetero) is 2. The number of alkyl halides is 6. The van der Waals surface area contributed by atoms with Crippen molar-refractivity contribution >= 4 is 39.0 Å². The minimum Gasteiger partial charge on any atom is -0.506 e. The Kier molecular flexibility index (Phi) is 13.3. The van der Waals surface area contributed by atoms with Crippen LogP contribution in [0.3, 0.4) is 0 Å². The van der Waals surface area contributed by atoms with E-state index in [1.807, 2.05) is 12.1 Å². The highest BCUT2D eigenvalue weighted by Gasteiger charge is 2.54. The molecule has 1 amide bonds. The minimum atomic E-state index is -5.77. The van der Waals surface area contributed by atoms with Gasteiger partial charge in [0.2, 0.25) is 5.91 Å². The number of fused-ring (bicyclic) bond motifs is 1. The van der Waals surface area contributed by atoms with Crippen molar-refractivity contribution in [2.24, 2.45) is 23.2 Å². The van der Waals surface area contributed by atoms with Crippen LogP contribution in [0.2, 0.25) is 0 Å². The highest BCUT2D eigenvalue weighted by molar-refractivity contribution is 7.16. The number of nitrogens with zero attached hydrogens (tertiary/aromatic N) is 1. The summed E-state index contributed by atoms with van der Waals surface area (Å²) in [6.45, 7) is 4.34. The predicted molar refractivity (Wildman–Crippen MR) is 188 cm³/mol. The average Bonchev–Trinajstić information content (AvgIpc) is 3.49. The lowest BCUT2D eigenvalue weighted by atomic mass is 9.49. The number of aromatic hydroxyl groups is 1. The SMILES string of the molecule is O=C(C(=O)C(F)(F)F)C(F)(F)F.O=C(CCNCCc1cccc(F)c1)N(CCNCCc1ccc(O)c2[nH]c(=O)sc12)CC12CC3CC(CC(C3)C1)C2. The van der Waals surface area contributed by atoms with E-state index in [1.54, 1.807) is 18.2 Å². The third-order valence-electron chi connectivity index (χ3n) is 10.5. The Morgan fingerprint density at radius 2 is 1.44 bits per heavy atom. The Labute approximate surface area is 310 Å². The molecule has 17 heteroatoms. The molecule has 2 aromatic carbocycles. The maximum atomic E-state index is 13.6. The van der Waals surface area contributed by atoms with Gasteiger partial charge in [0.1, 0.15) is 17.1 Å². The smallest absolute Gasteiger partial charge is 0.458 e. The first-order chi connectivity index (χ1) is 25.4. The zero-order valence-corrected chi connectivity index (χ0v) is 30.2. The number of carbonyl (C=O) groups excluding carboxylic acids is 3. The van der Waals surface area contributed by atoms with Gasteiger partial charge in [-0.3, -0.25) is 19.2 Å². The van der Waals surface area contributed by atoms with Gasteiger partial charge in [-0.2, -0.15) is 26.3 Å². The number of hydrogen-bond donors (Lipinski definition) is 4. The van der Waals surface area contributed by atoms with Crippen LogP contribution in [0.4, 0.5) is 30.7 Å². The van der Waals surface area contributed by atoms with E-state index in [-0.39, 0.29) is 22.3 Å². The molecule has 4 fully saturated rings. The molecule has 0 spiro atoms. The molecule has 4 saturated carbocycles. The molecule has 296 valence electrons. The summed E-state index contributed by atoms with van der Waals surface area (Å²) in [7, 11) is 0. The number of ketones is 2. The largest absolute Gasteiger partial charge is 0.506 e. The Hall–Kier alpha value is -3.83. The molecule has 1 aromatic heterocycles. The van der Waals surface area contributed by atoms with E-state index in [2.05, 4.69) is 20.5 Å². The van der Waals surface area contributed by atoms with Crippen LogP contribution in [-0.2, 0) is 27.2 Å². The summed E-state index contributed by atoms with van der Waals surface area (Å²) in [5, 5.41) is 17.0.